The Bertz CT molecular complexity index is 1430. The van der Waals surface area contributed by atoms with Crippen molar-refractivity contribution in [2.75, 3.05) is 4.90 Å². The third-order valence-corrected chi connectivity index (χ3v) is 7.26. The Hall–Kier alpha value is -2.55. The summed E-state index contributed by atoms with van der Waals surface area (Å²) >= 11 is 28.3. The van der Waals surface area contributed by atoms with Gasteiger partial charge in [-0.25, -0.2) is 9.69 Å². The van der Waals surface area contributed by atoms with E-state index >= 15 is 0 Å². The van der Waals surface area contributed by atoms with Crippen LogP contribution < -0.4 is 15.0 Å². The zero-order chi connectivity index (χ0) is 26.1. The van der Waals surface area contributed by atoms with Crippen LogP contribution in [0.4, 0.5) is 10.5 Å². The van der Waals surface area contributed by atoms with Crippen molar-refractivity contribution in [3.63, 3.8) is 0 Å². The van der Waals surface area contributed by atoms with Crippen molar-refractivity contribution < 1.29 is 19.1 Å². The van der Waals surface area contributed by atoms with E-state index in [1.807, 2.05) is 6.92 Å². The van der Waals surface area contributed by atoms with Crippen LogP contribution in [0.3, 0.4) is 0 Å². The lowest BCUT2D eigenvalue weighted by Gasteiger charge is -2.26. The summed E-state index contributed by atoms with van der Waals surface area (Å²) in [5.74, 6) is -1.41. The highest BCUT2D eigenvalue weighted by Gasteiger charge is 2.37. The Morgan fingerprint density at radius 3 is 2.28 bits per heavy atom. The normalized spacial score (nSPS) is 14.9. The number of hydrogen-bond acceptors (Lipinski definition) is 4. The summed E-state index contributed by atoms with van der Waals surface area (Å²) in [6.45, 7) is 1.90. The zero-order valence-corrected chi connectivity index (χ0v) is 23.0. The number of nitrogens with zero attached hydrogens (tertiary/aromatic N) is 1. The molecule has 0 aliphatic carbocycles. The van der Waals surface area contributed by atoms with Crippen molar-refractivity contribution in [2.24, 2.45) is 0 Å². The van der Waals surface area contributed by atoms with Gasteiger partial charge in [-0.1, -0.05) is 68.4 Å². The highest BCUT2D eigenvalue weighted by molar-refractivity contribution is 9.10. The number of amides is 4. The third-order valence-electron chi connectivity index (χ3n) is 5.22. The molecule has 6 nitrogen and oxygen atoms in total. The minimum atomic E-state index is -0.843. The number of rotatable bonds is 5. The number of imide groups is 2. The number of ether oxygens (including phenoxy) is 1. The smallest absolute Gasteiger partial charge is 0.335 e. The van der Waals surface area contributed by atoms with Crippen LogP contribution in [0.2, 0.25) is 20.1 Å². The van der Waals surface area contributed by atoms with Gasteiger partial charge in [-0.2, -0.15) is 0 Å². The maximum absolute atomic E-state index is 13.2. The molecule has 0 unspecified atom stereocenters. The predicted octanol–water partition coefficient (Wildman–Crippen LogP) is 7.62. The topological polar surface area (TPSA) is 75.7 Å². The van der Waals surface area contributed by atoms with E-state index in [2.05, 4.69) is 21.2 Å². The highest BCUT2D eigenvalue weighted by Crippen LogP contribution is 2.36. The van der Waals surface area contributed by atoms with E-state index < -0.39 is 17.8 Å². The summed E-state index contributed by atoms with van der Waals surface area (Å²) in [7, 11) is 0. The molecule has 0 spiro atoms. The molecular formula is C25H15BrCl4N2O4. The summed E-state index contributed by atoms with van der Waals surface area (Å²) in [5, 5.41) is 3.41. The number of carbonyl (C=O) groups excluding carboxylic acids is 3. The number of urea groups is 1. The molecule has 4 rings (SSSR count). The Balaban J connectivity index is 1.61. The lowest BCUT2D eigenvalue weighted by Crippen LogP contribution is -2.54. The van der Waals surface area contributed by atoms with E-state index in [0.717, 1.165) is 14.9 Å². The van der Waals surface area contributed by atoms with Crippen molar-refractivity contribution >= 4 is 91.9 Å². The molecule has 1 fully saturated rings. The summed E-state index contributed by atoms with van der Waals surface area (Å²) in [6.07, 6.45) is 1.31. The second kappa shape index (κ2) is 10.8. The van der Waals surface area contributed by atoms with Crippen LogP contribution in [0.5, 0.6) is 5.75 Å². The van der Waals surface area contributed by atoms with Crippen molar-refractivity contribution in [1.29, 1.82) is 0 Å². The second-order valence-corrected chi connectivity index (χ2v) is 10.2. The minimum absolute atomic E-state index is 0.0838. The maximum atomic E-state index is 13.2. The number of nitrogens with one attached hydrogen (secondary N) is 1. The van der Waals surface area contributed by atoms with E-state index in [9.17, 15) is 14.4 Å². The van der Waals surface area contributed by atoms with Gasteiger partial charge in [-0.15, -0.1) is 0 Å². The Morgan fingerprint density at radius 1 is 0.944 bits per heavy atom. The molecule has 1 heterocycles. The van der Waals surface area contributed by atoms with Crippen LogP contribution >= 0.6 is 62.3 Å². The number of benzene rings is 3. The number of barbiturate groups is 1. The van der Waals surface area contributed by atoms with Crippen LogP contribution in [0, 0.1) is 6.92 Å². The first-order valence-electron chi connectivity index (χ1n) is 10.3. The van der Waals surface area contributed by atoms with Crippen molar-refractivity contribution in [3.8, 4) is 5.75 Å². The molecule has 184 valence electrons. The Morgan fingerprint density at radius 2 is 1.64 bits per heavy atom. The first-order valence-corrected chi connectivity index (χ1v) is 12.6. The molecule has 0 radical (unpaired) electrons. The van der Waals surface area contributed by atoms with Crippen molar-refractivity contribution in [2.45, 2.75) is 13.5 Å². The van der Waals surface area contributed by atoms with E-state index in [4.69, 9.17) is 51.1 Å². The molecule has 1 N–H and O–H groups in total. The number of anilines is 1. The molecule has 36 heavy (non-hydrogen) atoms. The van der Waals surface area contributed by atoms with Gasteiger partial charge in [-0.3, -0.25) is 14.9 Å². The zero-order valence-electron chi connectivity index (χ0n) is 18.4. The molecule has 3 aromatic rings. The van der Waals surface area contributed by atoms with Gasteiger partial charge in [0.15, 0.2) is 5.75 Å². The molecule has 0 saturated carbocycles. The summed E-state index contributed by atoms with van der Waals surface area (Å²) in [5.41, 5.74) is 1.91. The van der Waals surface area contributed by atoms with Gasteiger partial charge in [0, 0.05) is 20.1 Å². The van der Waals surface area contributed by atoms with Gasteiger partial charge in [0.25, 0.3) is 11.8 Å². The highest BCUT2D eigenvalue weighted by atomic mass is 79.9. The molecule has 0 aromatic heterocycles. The number of aryl methyl sites for hydroxylation is 1. The fraction of sp³-hybridized carbons (Fsp3) is 0.0800. The Labute approximate surface area is 234 Å². The largest absolute Gasteiger partial charge is 0.486 e. The first-order chi connectivity index (χ1) is 17.0. The van der Waals surface area contributed by atoms with Crippen LogP contribution in [-0.2, 0) is 16.2 Å². The third kappa shape index (κ3) is 5.56. The summed E-state index contributed by atoms with van der Waals surface area (Å²) in [6, 6.07) is 12.1. The SMILES string of the molecule is Cc1cc(N2C(=O)NC(=O)/C(=C\c3cc(Cl)c(OCc4ccc(Cl)cc4Cl)c(Cl)c3)C2=O)ccc1Br. The fourth-order valence-corrected chi connectivity index (χ4v) is 4.74. The average molecular weight is 629 g/mol. The van der Waals surface area contributed by atoms with Crippen molar-refractivity contribution in [1.82, 2.24) is 5.32 Å². The van der Waals surface area contributed by atoms with Gasteiger partial charge in [0.05, 0.1) is 15.7 Å². The second-order valence-electron chi connectivity index (χ2n) is 7.73. The fourth-order valence-electron chi connectivity index (χ4n) is 3.42. The quantitative estimate of drug-likeness (QED) is 0.233. The van der Waals surface area contributed by atoms with Crippen LogP contribution in [0.15, 0.2) is 58.6 Å². The number of halogens is 5. The first kappa shape index (κ1) is 26.5. The van der Waals surface area contributed by atoms with Gasteiger partial charge >= 0.3 is 6.03 Å². The summed E-state index contributed by atoms with van der Waals surface area (Å²) in [4.78, 5) is 39.0. The van der Waals surface area contributed by atoms with Crippen LogP contribution in [-0.4, -0.2) is 17.8 Å². The number of hydrogen-bond donors (Lipinski definition) is 1. The lowest BCUT2D eigenvalue weighted by atomic mass is 10.1. The molecular weight excluding hydrogens is 614 g/mol. The molecule has 11 heteroatoms. The molecule has 4 amide bonds. The molecule has 0 bridgehead atoms. The monoisotopic (exact) mass is 626 g/mol. The molecule has 1 aliphatic heterocycles. The van der Waals surface area contributed by atoms with E-state index in [0.29, 0.717) is 26.9 Å². The Kier molecular flexibility index (Phi) is 7.97. The average Bonchev–Trinajstić information content (AvgIpc) is 2.79. The molecule has 1 saturated heterocycles. The lowest BCUT2D eigenvalue weighted by molar-refractivity contribution is -0.122. The minimum Gasteiger partial charge on any atom is -0.486 e. The molecule has 0 atom stereocenters. The van der Waals surface area contributed by atoms with Crippen LogP contribution in [0.1, 0.15) is 16.7 Å². The maximum Gasteiger partial charge on any atom is 0.335 e. The molecule has 3 aromatic carbocycles. The van der Waals surface area contributed by atoms with Gasteiger partial charge in [-0.05, 0) is 66.6 Å². The van der Waals surface area contributed by atoms with E-state index in [1.54, 1.807) is 36.4 Å². The predicted molar refractivity (Wildman–Crippen MR) is 145 cm³/mol. The van der Waals surface area contributed by atoms with Gasteiger partial charge < -0.3 is 4.74 Å². The standard InChI is InChI=1S/C25H15BrCl4N2O4/c1-12-6-16(4-5-18(12)26)32-24(34)17(23(33)31-25(32)35)7-13-8-20(29)22(21(30)9-13)36-11-14-2-3-15(27)10-19(14)28/h2-10H,11H2,1H3,(H,31,33,35)/b17-7+. The van der Waals surface area contributed by atoms with E-state index in [-0.39, 0.29) is 28.0 Å². The van der Waals surface area contributed by atoms with E-state index in [1.165, 1.54) is 18.2 Å². The molecule has 1 aliphatic rings. The van der Waals surface area contributed by atoms with Gasteiger partial charge in [0.2, 0.25) is 0 Å². The van der Waals surface area contributed by atoms with Gasteiger partial charge in [0.1, 0.15) is 12.2 Å². The van der Waals surface area contributed by atoms with Crippen LogP contribution in [0.25, 0.3) is 6.08 Å². The van der Waals surface area contributed by atoms with Crippen molar-refractivity contribution in [3.05, 3.63) is 95.4 Å². The summed E-state index contributed by atoms with van der Waals surface area (Å²) < 4.78 is 6.57. The number of carbonyl (C=O) groups is 3.